The third-order valence-corrected chi connectivity index (χ3v) is 4.22. The molecule has 19 heavy (non-hydrogen) atoms. The molecule has 2 aromatic heterocycles. The van der Waals surface area contributed by atoms with Crippen LogP contribution in [0.15, 0.2) is 24.7 Å². The first-order valence-corrected chi connectivity index (χ1v) is 7.04. The van der Waals surface area contributed by atoms with Crippen molar-refractivity contribution in [2.24, 2.45) is 11.3 Å². The van der Waals surface area contributed by atoms with E-state index in [1.807, 2.05) is 16.7 Å². The van der Waals surface area contributed by atoms with Gasteiger partial charge in [-0.15, -0.1) is 0 Å². The maximum Gasteiger partial charge on any atom is 0.233 e. The van der Waals surface area contributed by atoms with Gasteiger partial charge < -0.3 is 5.32 Å². The number of nitrogens with one attached hydrogen (secondary N) is 1. The van der Waals surface area contributed by atoms with Crippen LogP contribution in [-0.2, 0) is 6.54 Å². The molecule has 0 spiro atoms. The van der Waals surface area contributed by atoms with Crippen LogP contribution in [0.3, 0.4) is 0 Å². The molecule has 0 saturated heterocycles. The summed E-state index contributed by atoms with van der Waals surface area (Å²) in [7, 11) is 0. The number of nitrogens with zero attached hydrogens (tertiary/aromatic N) is 3. The predicted molar refractivity (Wildman–Crippen MR) is 75.8 cm³/mol. The van der Waals surface area contributed by atoms with Gasteiger partial charge in [0, 0.05) is 31.2 Å². The van der Waals surface area contributed by atoms with E-state index in [0.29, 0.717) is 11.5 Å². The zero-order valence-electron chi connectivity index (χ0n) is 11.9. The minimum Gasteiger partial charge on any atom is -0.308 e. The van der Waals surface area contributed by atoms with E-state index < -0.39 is 0 Å². The van der Waals surface area contributed by atoms with Crippen molar-refractivity contribution in [3.63, 3.8) is 0 Å². The Morgan fingerprint density at radius 1 is 1.37 bits per heavy atom. The van der Waals surface area contributed by atoms with Gasteiger partial charge in [0.1, 0.15) is 0 Å². The highest BCUT2D eigenvalue weighted by Gasteiger charge is 2.36. The van der Waals surface area contributed by atoms with Gasteiger partial charge >= 0.3 is 0 Å². The second-order valence-electron chi connectivity index (χ2n) is 6.67. The van der Waals surface area contributed by atoms with Crippen LogP contribution in [0.5, 0.6) is 0 Å². The molecule has 2 aromatic rings. The van der Waals surface area contributed by atoms with Gasteiger partial charge in [0.25, 0.3) is 0 Å². The zero-order chi connectivity index (χ0) is 13.5. The van der Waals surface area contributed by atoms with Crippen molar-refractivity contribution >= 4 is 5.78 Å². The van der Waals surface area contributed by atoms with E-state index in [1.165, 1.54) is 12.8 Å². The van der Waals surface area contributed by atoms with E-state index in [-0.39, 0.29) is 0 Å². The van der Waals surface area contributed by atoms with Crippen LogP contribution in [-0.4, -0.2) is 20.4 Å². The molecule has 1 N–H and O–H groups in total. The minimum absolute atomic E-state index is 0.450. The summed E-state index contributed by atoms with van der Waals surface area (Å²) in [5.74, 6) is 1.63. The minimum atomic E-state index is 0.450. The lowest BCUT2D eigenvalue weighted by Crippen LogP contribution is -2.45. The van der Waals surface area contributed by atoms with Crippen molar-refractivity contribution in [2.75, 3.05) is 0 Å². The molecule has 1 aliphatic carbocycles. The fourth-order valence-electron chi connectivity index (χ4n) is 2.71. The standard InChI is InChI=1S/C15H22N4/c1-15(2,3)11-7-12(8-11)17-9-13-10-19-6-4-5-16-14(19)18-13/h4-6,10-12,17H,7-9H2,1-3H3. The Balaban J connectivity index is 1.54. The summed E-state index contributed by atoms with van der Waals surface area (Å²) in [5, 5.41) is 3.59. The Morgan fingerprint density at radius 3 is 2.84 bits per heavy atom. The summed E-state index contributed by atoms with van der Waals surface area (Å²) in [6, 6.07) is 2.58. The smallest absolute Gasteiger partial charge is 0.233 e. The van der Waals surface area contributed by atoms with Gasteiger partial charge in [-0.3, -0.25) is 4.40 Å². The maximum atomic E-state index is 4.50. The van der Waals surface area contributed by atoms with Gasteiger partial charge in [0.15, 0.2) is 0 Å². The van der Waals surface area contributed by atoms with Crippen molar-refractivity contribution in [3.05, 3.63) is 30.4 Å². The number of imidazole rings is 1. The van der Waals surface area contributed by atoms with E-state index in [0.717, 1.165) is 23.9 Å². The average molecular weight is 258 g/mol. The number of aromatic nitrogens is 3. The van der Waals surface area contributed by atoms with Crippen LogP contribution in [0, 0.1) is 11.3 Å². The van der Waals surface area contributed by atoms with Gasteiger partial charge in [0.2, 0.25) is 5.78 Å². The molecule has 4 heteroatoms. The second-order valence-corrected chi connectivity index (χ2v) is 6.67. The van der Waals surface area contributed by atoms with Crippen molar-refractivity contribution in [1.82, 2.24) is 19.7 Å². The lowest BCUT2D eigenvalue weighted by molar-refractivity contribution is 0.0977. The summed E-state index contributed by atoms with van der Waals surface area (Å²) in [6.45, 7) is 7.84. The molecule has 0 bridgehead atoms. The SMILES string of the molecule is CC(C)(C)C1CC(NCc2cn3cccnc3n2)C1. The van der Waals surface area contributed by atoms with Gasteiger partial charge in [-0.25, -0.2) is 9.97 Å². The molecule has 0 atom stereocenters. The molecule has 0 radical (unpaired) electrons. The second kappa shape index (κ2) is 4.60. The first-order chi connectivity index (χ1) is 9.02. The van der Waals surface area contributed by atoms with Crippen LogP contribution >= 0.6 is 0 Å². The summed E-state index contributed by atoms with van der Waals surface area (Å²) < 4.78 is 1.97. The molecule has 2 heterocycles. The average Bonchev–Trinajstić information content (AvgIpc) is 2.67. The molecule has 1 aliphatic rings. The Bertz CT molecular complexity index is 528. The molecule has 0 amide bonds. The van der Waals surface area contributed by atoms with Crippen molar-refractivity contribution in [3.8, 4) is 0 Å². The van der Waals surface area contributed by atoms with E-state index in [2.05, 4.69) is 42.3 Å². The van der Waals surface area contributed by atoms with Gasteiger partial charge in [0.05, 0.1) is 5.69 Å². The molecule has 1 saturated carbocycles. The normalized spacial score (nSPS) is 23.5. The third kappa shape index (κ3) is 2.63. The van der Waals surface area contributed by atoms with Crippen LogP contribution in [0.4, 0.5) is 0 Å². The number of hydrogen-bond acceptors (Lipinski definition) is 3. The highest BCUT2D eigenvalue weighted by molar-refractivity contribution is 5.29. The molecule has 1 fully saturated rings. The topological polar surface area (TPSA) is 42.2 Å². The maximum absolute atomic E-state index is 4.50. The van der Waals surface area contributed by atoms with Gasteiger partial charge in [-0.2, -0.15) is 0 Å². The zero-order valence-corrected chi connectivity index (χ0v) is 11.9. The molecular weight excluding hydrogens is 236 g/mol. The number of fused-ring (bicyclic) bond motifs is 1. The molecule has 3 rings (SSSR count). The predicted octanol–water partition coefficient (Wildman–Crippen LogP) is 2.64. The molecule has 102 valence electrons. The number of hydrogen-bond donors (Lipinski definition) is 1. The monoisotopic (exact) mass is 258 g/mol. The van der Waals surface area contributed by atoms with Crippen LogP contribution < -0.4 is 5.32 Å². The van der Waals surface area contributed by atoms with Crippen molar-refractivity contribution in [2.45, 2.75) is 46.2 Å². The fourth-order valence-corrected chi connectivity index (χ4v) is 2.71. The molecule has 0 aliphatic heterocycles. The molecular formula is C15H22N4. The first kappa shape index (κ1) is 12.6. The van der Waals surface area contributed by atoms with E-state index in [9.17, 15) is 0 Å². The summed E-state index contributed by atoms with van der Waals surface area (Å²) >= 11 is 0. The van der Waals surface area contributed by atoms with Crippen LogP contribution in [0.1, 0.15) is 39.3 Å². The van der Waals surface area contributed by atoms with Crippen molar-refractivity contribution in [1.29, 1.82) is 0 Å². The summed E-state index contributed by atoms with van der Waals surface area (Å²) in [5.41, 5.74) is 1.52. The Hall–Kier alpha value is -1.42. The third-order valence-electron chi connectivity index (χ3n) is 4.22. The van der Waals surface area contributed by atoms with E-state index in [4.69, 9.17) is 0 Å². The van der Waals surface area contributed by atoms with E-state index in [1.54, 1.807) is 6.20 Å². The highest BCUT2D eigenvalue weighted by Crippen LogP contribution is 2.41. The largest absolute Gasteiger partial charge is 0.308 e. The van der Waals surface area contributed by atoms with Crippen molar-refractivity contribution < 1.29 is 0 Å². The molecule has 0 unspecified atom stereocenters. The highest BCUT2D eigenvalue weighted by atomic mass is 15.1. The van der Waals surface area contributed by atoms with E-state index >= 15 is 0 Å². The van der Waals surface area contributed by atoms with Crippen LogP contribution in [0.25, 0.3) is 5.78 Å². The van der Waals surface area contributed by atoms with Gasteiger partial charge in [-0.1, -0.05) is 20.8 Å². The summed E-state index contributed by atoms with van der Waals surface area (Å²) in [6.07, 6.45) is 8.39. The fraction of sp³-hybridized carbons (Fsp3) is 0.600. The first-order valence-electron chi connectivity index (χ1n) is 7.04. The Morgan fingerprint density at radius 2 is 2.16 bits per heavy atom. The lowest BCUT2D eigenvalue weighted by Gasteiger charge is -2.44. The lowest BCUT2D eigenvalue weighted by atomic mass is 9.66. The molecule has 0 aromatic carbocycles. The Labute approximate surface area is 114 Å². The quantitative estimate of drug-likeness (QED) is 0.920. The Kier molecular flexibility index (Phi) is 3.05. The van der Waals surface area contributed by atoms with Gasteiger partial charge in [-0.05, 0) is 30.2 Å². The van der Waals surface area contributed by atoms with Crippen LogP contribution in [0.2, 0.25) is 0 Å². The number of rotatable bonds is 3. The molecule has 4 nitrogen and oxygen atoms in total. The summed E-state index contributed by atoms with van der Waals surface area (Å²) in [4.78, 5) is 8.73.